The fourth-order valence-corrected chi connectivity index (χ4v) is 3.34. The van der Waals surface area contributed by atoms with Crippen LogP contribution in [0, 0.1) is 6.92 Å². The van der Waals surface area contributed by atoms with E-state index in [-0.39, 0.29) is 5.91 Å². The number of nitrogens with zero attached hydrogens (tertiary/aromatic N) is 4. The molecule has 2 amide bonds. The first-order chi connectivity index (χ1) is 13.9. The number of methoxy groups -OCH3 is 1. The third-order valence-corrected chi connectivity index (χ3v) is 5.12. The van der Waals surface area contributed by atoms with Gasteiger partial charge in [0, 0.05) is 11.3 Å². The van der Waals surface area contributed by atoms with Crippen molar-refractivity contribution >= 4 is 29.3 Å². The summed E-state index contributed by atoms with van der Waals surface area (Å²) in [5, 5.41) is 14.6. The molecule has 0 aliphatic carbocycles. The molecule has 0 saturated carbocycles. The number of nitrogens with two attached hydrogens (primary N) is 1. The molecule has 29 heavy (non-hydrogen) atoms. The summed E-state index contributed by atoms with van der Waals surface area (Å²) in [7, 11) is 1.57. The number of aryl methyl sites for hydroxylation is 1. The number of anilines is 1. The quantitative estimate of drug-likeness (QED) is 0.570. The number of carbonyl (C=O) groups is 2. The molecule has 0 fully saturated rings. The van der Waals surface area contributed by atoms with Gasteiger partial charge in [-0.05, 0) is 66.2 Å². The second-order valence-electron chi connectivity index (χ2n) is 6.24. The van der Waals surface area contributed by atoms with Gasteiger partial charge >= 0.3 is 0 Å². The molecule has 10 heteroatoms. The summed E-state index contributed by atoms with van der Waals surface area (Å²) < 4.78 is 6.94. The molecule has 150 valence electrons. The first-order valence-electron chi connectivity index (χ1n) is 8.70. The van der Waals surface area contributed by atoms with E-state index in [0.29, 0.717) is 27.8 Å². The number of hydrogen-bond acceptors (Lipinski definition) is 7. The third-order valence-electron chi connectivity index (χ3n) is 4.09. The Hall–Kier alpha value is -3.40. The zero-order chi connectivity index (χ0) is 21.0. The van der Waals surface area contributed by atoms with Gasteiger partial charge in [-0.15, -0.1) is 5.10 Å². The first-order valence-corrected chi connectivity index (χ1v) is 9.58. The highest BCUT2D eigenvalue weighted by atomic mass is 32.2. The van der Waals surface area contributed by atoms with Crippen LogP contribution in [-0.2, 0) is 4.79 Å². The van der Waals surface area contributed by atoms with Gasteiger partial charge in [0.25, 0.3) is 0 Å². The number of thioether (sulfide) groups is 1. The molecule has 3 aromatic rings. The lowest BCUT2D eigenvalue weighted by molar-refractivity contribution is -0.115. The molecule has 3 N–H and O–H groups in total. The van der Waals surface area contributed by atoms with Crippen LogP contribution in [0.3, 0.4) is 0 Å². The van der Waals surface area contributed by atoms with Crippen molar-refractivity contribution in [3.05, 3.63) is 53.6 Å². The van der Waals surface area contributed by atoms with Crippen molar-refractivity contribution in [2.24, 2.45) is 5.73 Å². The van der Waals surface area contributed by atoms with Crippen LogP contribution in [0.25, 0.3) is 5.69 Å². The van der Waals surface area contributed by atoms with Crippen LogP contribution in [0.15, 0.2) is 47.6 Å². The highest BCUT2D eigenvalue weighted by Gasteiger charge is 2.21. The first kappa shape index (κ1) is 20.3. The number of benzene rings is 2. The van der Waals surface area contributed by atoms with Crippen LogP contribution in [0.1, 0.15) is 22.8 Å². The van der Waals surface area contributed by atoms with Gasteiger partial charge in [-0.2, -0.15) is 4.68 Å². The van der Waals surface area contributed by atoms with Crippen molar-refractivity contribution in [3.63, 3.8) is 0 Å². The van der Waals surface area contributed by atoms with Crippen LogP contribution in [0.2, 0.25) is 0 Å². The maximum atomic E-state index is 12.6. The lowest BCUT2D eigenvalue weighted by Crippen LogP contribution is -2.23. The Morgan fingerprint density at radius 2 is 1.93 bits per heavy atom. The lowest BCUT2D eigenvalue weighted by atomic mass is 10.2. The second kappa shape index (κ2) is 8.74. The number of tetrazole rings is 1. The van der Waals surface area contributed by atoms with Crippen molar-refractivity contribution in [2.75, 3.05) is 12.4 Å². The maximum absolute atomic E-state index is 12.6. The minimum absolute atomic E-state index is 0.229. The second-order valence-corrected chi connectivity index (χ2v) is 7.55. The van der Waals surface area contributed by atoms with Gasteiger partial charge in [0.1, 0.15) is 11.4 Å². The fourth-order valence-electron chi connectivity index (χ4n) is 2.54. The topological polar surface area (TPSA) is 125 Å². The van der Waals surface area contributed by atoms with Gasteiger partial charge in [-0.1, -0.05) is 17.8 Å². The molecule has 0 aliphatic heterocycles. The van der Waals surface area contributed by atoms with E-state index in [1.165, 1.54) is 11.8 Å². The number of ether oxygens (including phenoxy) is 1. The maximum Gasteiger partial charge on any atom is 0.248 e. The molecule has 0 saturated heterocycles. The molecular formula is C19H20N6O3S. The van der Waals surface area contributed by atoms with E-state index < -0.39 is 11.2 Å². The smallest absolute Gasteiger partial charge is 0.248 e. The van der Waals surface area contributed by atoms with Crippen LogP contribution < -0.4 is 15.8 Å². The van der Waals surface area contributed by atoms with Crippen molar-refractivity contribution in [1.29, 1.82) is 0 Å². The highest BCUT2D eigenvalue weighted by molar-refractivity contribution is 8.00. The summed E-state index contributed by atoms with van der Waals surface area (Å²) in [5.74, 6) is -0.130. The Labute approximate surface area is 171 Å². The Morgan fingerprint density at radius 1 is 1.21 bits per heavy atom. The van der Waals surface area contributed by atoms with Crippen LogP contribution >= 0.6 is 11.8 Å². The van der Waals surface area contributed by atoms with E-state index in [1.807, 2.05) is 25.1 Å². The number of amides is 2. The molecule has 0 spiro atoms. The van der Waals surface area contributed by atoms with Crippen LogP contribution in [-0.4, -0.2) is 44.4 Å². The summed E-state index contributed by atoms with van der Waals surface area (Å²) in [6.07, 6.45) is 0. The highest BCUT2D eigenvalue weighted by Crippen LogP contribution is 2.29. The van der Waals surface area contributed by atoms with Gasteiger partial charge in [0.2, 0.25) is 17.0 Å². The molecular weight excluding hydrogens is 392 g/mol. The van der Waals surface area contributed by atoms with Gasteiger partial charge < -0.3 is 15.8 Å². The summed E-state index contributed by atoms with van der Waals surface area (Å²) in [6, 6.07) is 12.0. The Morgan fingerprint density at radius 3 is 2.59 bits per heavy atom. The molecule has 1 atom stereocenters. The molecule has 0 aliphatic rings. The Bertz CT molecular complexity index is 1030. The number of carbonyl (C=O) groups excluding carboxylic acids is 2. The largest absolute Gasteiger partial charge is 0.494 e. The van der Waals surface area contributed by atoms with Crippen molar-refractivity contribution in [1.82, 2.24) is 20.2 Å². The van der Waals surface area contributed by atoms with E-state index in [1.54, 1.807) is 43.0 Å². The Kier molecular flexibility index (Phi) is 6.13. The molecule has 0 radical (unpaired) electrons. The zero-order valence-corrected chi connectivity index (χ0v) is 16.9. The van der Waals surface area contributed by atoms with E-state index in [2.05, 4.69) is 20.8 Å². The predicted molar refractivity (Wildman–Crippen MR) is 109 cm³/mol. The molecule has 1 unspecified atom stereocenters. The normalized spacial score (nSPS) is 11.7. The summed E-state index contributed by atoms with van der Waals surface area (Å²) in [4.78, 5) is 23.7. The van der Waals surface area contributed by atoms with Crippen molar-refractivity contribution in [2.45, 2.75) is 24.3 Å². The predicted octanol–water partition coefficient (Wildman–Crippen LogP) is 2.20. The standard InChI is InChI=1S/C19H20N6O3S/c1-11-4-9-16(28-3)15(10-11)25-19(22-23-24-25)29-12(2)18(27)21-14-7-5-13(6-8-14)17(20)26/h4-10,12H,1-3H3,(H2,20,26)(H,21,27). The number of nitrogens with one attached hydrogen (secondary N) is 1. The van der Waals surface area contributed by atoms with Gasteiger partial charge in [-0.25, -0.2) is 0 Å². The SMILES string of the molecule is COc1ccc(C)cc1-n1nnnc1SC(C)C(=O)Nc1ccc(C(N)=O)cc1. The van der Waals surface area contributed by atoms with Crippen LogP contribution in [0.5, 0.6) is 5.75 Å². The van der Waals surface area contributed by atoms with E-state index in [0.717, 1.165) is 5.56 Å². The van der Waals surface area contributed by atoms with Gasteiger partial charge in [0.05, 0.1) is 12.4 Å². The summed E-state index contributed by atoms with van der Waals surface area (Å²) in [6.45, 7) is 3.71. The van der Waals surface area contributed by atoms with Crippen LogP contribution in [0.4, 0.5) is 5.69 Å². The van der Waals surface area contributed by atoms with E-state index in [9.17, 15) is 9.59 Å². The number of primary amides is 1. The molecule has 3 rings (SSSR count). The monoisotopic (exact) mass is 412 g/mol. The molecule has 1 aromatic heterocycles. The number of aromatic nitrogens is 4. The average molecular weight is 412 g/mol. The minimum atomic E-state index is -0.523. The molecule has 2 aromatic carbocycles. The van der Waals surface area contributed by atoms with Gasteiger partial charge in [-0.3, -0.25) is 9.59 Å². The van der Waals surface area contributed by atoms with E-state index in [4.69, 9.17) is 10.5 Å². The van der Waals surface area contributed by atoms with Crippen molar-refractivity contribution < 1.29 is 14.3 Å². The minimum Gasteiger partial charge on any atom is -0.494 e. The number of rotatable bonds is 7. The Balaban J connectivity index is 1.74. The van der Waals surface area contributed by atoms with Gasteiger partial charge in [0.15, 0.2) is 0 Å². The van der Waals surface area contributed by atoms with Crippen molar-refractivity contribution in [3.8, 4) is 11.4 Å². The molecule has 9 nitrogen and oxygen atoms in total. The van der Waals surface area contributed by atoms with E-state index >= 15 is 0 Å². The zero-order valence-electron chi connectivity index (χ0n) is 16.1. The lowest BCUT2D eigenvalue weighted by Gasteiger charge is -2.13. The third kappa shape index (κ3) is 4.72. The fraction of sp³-hybridized carbons (Fsp3) is 0.211. The number of hydrogen-bond donors (Lipinski definition) is 2. The molecule has 1 heterocycles. The summed E-state index contributed by atoms with van der Waals surface area (Å²) >= 11 is 1.22. The average Bonchev–Trinajstić information content (AvgIpc) is 3.16. The summed E-state index contributed by atoms with van der Waals surface area (Å²) in [5.41, 5.74) is 7.87. The molecule has 0 bridgehead atoms.